The molecule has 0 heterocycles. The molecule has 2 aliphatic rings. The summed E-state index contributed by atoms with van der Waals surface area (Å²) < 4.78 is 0. The van der Waals surface area contributed by atoms with Gasteiger partial charge in [-0.25, -0.2) is 0 Å². The summed E-state index contributed by atoms with van der Waals surface area (Å²) in [4.78, 5) is 0. The maximum Gasteiger partial charge on any atom is 0.0546 e. The van der Waals surface area contributed by atoms with E-state index in [9.17, 15) is 5.11 Å². The first kappa shape index (κ1) is 12.2. The van der Waals surface area contributed by atoms with Gasteiger partial charge in [-0.05, 0) is 62.1 Å². The molecule has 2 N–H and O–H groups in total. The van der Waals surface area contributed by atoms with Crippen LogP contribution in [0.15, 0.2) is 24.3 Å². The lowest BCUT2D eigenvalue weighted by molar-refractivity contribution is 0.0400. The summed E-state index contributed by atoms with van der Waals surface area (Å²) in [6.07, 6.45) is 4.54. The Bertz CT molecular complexity index is 405. The van der Waals surface area contributed by atoms with E-state index in [1.165, 1.54) is 24.0 Å². The maximum absolute atomic E-state index is 9.25. The van der Waals surface area contributed by atoms with Crippen molar-refractivity contribution in [2.45, 2.75) is 50.7 Å². The minimum absolute atomic E-state index is 0.0158. The van der Waals surface area contributed by atoms with Crippen LogP contribution in [0.1, 0.15) is 42.7 Å². The maximum atomic E-state index is 9.25. The summed E-state index contributed by atoms with van der Waals surface area (Å²) in [6.45, 7) is 3.31. The first-order valence-electron chi connectivity index (χ1n) is 7.19. The van der Waals surface area contributed by atoms with E-state index < -0.39 is 0 Å². The highest BCUT2D eigenvalue weighted by Crippen LogP contribution is 2.38. The molecule has 2 fully saturated rings. The van der Waals surface area contributed by atoms with Crippen LogP contribution in [0.2, 0.25) is 0 Å². The molecule has 0 aliphatic heterocycles. The number of aryl methyl sites for hydroxylation is 1. The third-order valence-electron chi connectivity index (χ3n) is 4.67. The molecule has 1 aromatic carbocycles. The van der Waals surface area contributed by atoms with E-state index in [0.717, 1.165) is 31.2 Å². The lowest BCUT2D eigenvalue weighted by Gasteiger charge is -2.40. The van der Waals surface area contributed by atoms with E-state index >= 15 is 0 Å². The van der Waals surface area contributed by atoms with Gasteiger partial charge in [0.15, 0.2) is 0 Å². The number of hydrogen-bond acceptors (Lipinski definition) is 2. The van der Waals surface area contributed by atoms with Crippen molar-refractivity contribution in [3.8, 4) is 0 Å². The quantitative estimate of drug-likeness (QED) is 0.854. The largest absolute Gasteiger partial charge is 0.393 e. The molecule has 0 unspecified atom stereocenters. The Morgan fingerprint density at radius 1 is 1.17 bits per heavy atom. The van der Waals surface area contributed by atoms with Crippen LogP contribution >= 0.6 is 0 Å². The fraction of sp³-hybridized carbons (Fsp3) is 0.625. The highest BCUT2D eigenvalue weighted by molar-refractivity contribution is 5.31. The van der Waals surface area contributed by atoms with Gasteiger partial charge in [0.05, 0.1) is 6.10 Å². The zero-order chi connectivity index (χ0) is 12.5. The van der Waals surface area contributed by atoms with Crippen molar-refractivity contribution in [2.24, 2.45) is 5.92 Å². The molecule has 0 aromatic heterocycles. The second kappa shape index (κ2) is 5.02. The topological polar surface area (TPSA) is 32.3 Å². The van der Waals surface area contributed by atoms with Crippen molar-refractivity contribution in [3.05, 3.63) is 35.4 Å². The van der Waals surface area contributed by atoms with Gasteiger partial charge in [0.25, 0.3) is 0 Å². The second-order valence-electron chi connectivity index (χ2n) is 6.12. The highest BCUT2D eigenvalue weighted by Gasteiger charge is 2.33. The molecule has 18 heavy (non-hydrogen) atoms. The number of rotatable bonds is 4. The monoisotopic (exact) mass is 245 g/mol. The summed E-state index contributed by atoms with van der Waals surface area (Å²) in [5.74, 6) is 1.48. The second-order valence-corrected chi connectivity index (χ2v) is 6.12. The Kier molecular flexibility index (Phi) is 3.40. The molecular formula is C16H23NO. The fourth-order valence-electron chi connectivity index (χ4n) is 3.28. The molecule has 2 aliphatic carbocycles. The highest BCUT2D eigenvalue weighted by atomic mass is 16.3. The van der Waals surface area contributed by atoms with Crippen LogP contribution in [-0.2, 0) is 0 Å². The predicted molar refractivity (Wildman–Crippen MR) is 73.7 cm³/mol. The lowest BCUT2D eigenvalue weighted by atomic mass is 9.74. The van der Waals surface area contributed by atoms with Gasteiger partial charge in [-0.15, -0.1) is 0 Å². The summed E-state index contributed by atoms with van der Waals surface area (Å²) >= 11 is 0. The van der Waals surface area contributed by atoms with E-state index in [4.69, 9.17) is 0 Å². The Labute approximate surface area is 109 Å². The average Bonchev–Trinajstić information content (AvgIpc) is 2.26. The summed E-state index contributed by atoms with van der Waals surface area (Å²) in [7, 11) is 0. The standard InChI is InChI=1S/C16H23NO/c1-11-4-2-3-5-16(11)13-8-14(9-13)17-10-12-6-15(18)7-12/h2-5,12-15,17-18H,6-10H2,1H3. The Balaban J connectivity index is 1.42. The molecule has 0 amide bonds. The zero-order valence-electron chi connectivity index (χ0n) is 11.1. The minimum Gasteiger partial charge on any atom is -0.393 e. The molecule has 0 spiro atoms. The van der Waals surface area contributed by atoms with Crippen LogP contribution in [0.4, 0.5) is 0 Å². The van der Waals surface area contributed by atoms with Gasteiger partial charge in [-0.1, -0.05) is 24.3 Å². The molecule has 2 nitrogen and oxygen atoms in total. The first-order chi connectivity index (χ1) is 8.72. The SMILES string of the molecule is Cc1ccccc1C1CC(NCC2CC(O)C2)C1. The van der Waals surface area contributed by atoms with E-state index in [0.29, 0.717) is 6.04 Å². The minimum atomic E-state index is -0.0158. The lowest BCUT2D eigenvalue weighted by Crippen LogP contribution is -2.45. The Hall–Kier alpha value is -0.860. The van der Waals surface area contributed by atoms with E-state index in [2.05, 4.69) is 36.5 Å². The van der Waals surface area contributed by atoms with E-state index in [1.807, 2.05) is 0 Å². The number of benzene rings is 1. The number of nitrogens with one attached hydrogen (secondary N) is 1. The average molecular weight is 245 g/mol. The van der Waals surface area contributed by atoms with Crippen LogP contribution in [0, 0.1) is 12.8 Å². The normalized spacial score (nSPS) is 34.8. The van der Waals surface area contributed by atoms with Crippen LogP contribution < -0.4 is 5.32 Å². The molecule has 98 valence electrons. The molecule has 0 radical (unpaired) electrons. The summed E-state index contributed by atoms with van der Waals surface area (Å²) in [5, 5.41) is 12.9. The molecule has 0 bridgehead atoms. The molecule has 2 heteroatoms. The fourth-order valence-corrected chi connectivity index (χ4v) is 3.28. The van der Waals surface area contributed by atoms with Crippen molar-refractivity contribution < 1.29 is 5.11 Å². The number of hydrogen-bond donors (Lipinski definition) is 2. The zero-order valence-corrected chi connectivity index (χ0v) is 11.1. The third kappa shape index (κ3) is 2.45. The summed E-state index contributed by atoms with van der Waals surface area (Å²) in [6, 6.07) is 9.46. The molecule has 3 rings (SSSR count). The first-order valence-corrected chi connectivity index (χ1v) is 7.19. The van der Waals surface area contributed by atoms with Crippen LogP contribution in [0.5, 0.6) is 0 Å². The third-order valence-corrected chi connectivity index (χ3v) is 4.67. The smallest absolute Gasteiger partial charge is 0.0546 e. The van der Waals surface area contributed by atoms with Crippen molar-refractivity contribution in [1.29, 1.82) is 0 Å². The van der Waals surface area contributed by atoms with Crippen molar-refractivity contribution in [3.63, 3.8) is 0 Å². The Morgan fingerprint density at radius 3 is 2.56 bits per heavy atom. The Morgan fingerprint density at radius 2 is 1.89 bits per heavy atom. The van der Waals surface area contributed by atoms with Gasteiger partial charge in [0, 0.05) is 6.04 Å². The van der Waals surface area contributed by atoms with Crippen LogP contribution in [-0.4, -0.2) is 23.8 Å². The van der Waals surface area contributed by atoms with Gasteiger partial charge < -0.3 is 10.4 Å². The molecule has 1 aromatic rings. The van der Waals surface area contributed by atoms with Crippen molar-refractivity contribution >= 4 is 0 Å². The van der Waals surface area contributed by atoms with Gasteiger partial charge >= 0.3 is 0 Å². The number of aliphatic hydroxyl groups excluding tert-OH is 1. The predicted octanol–water partition coefficient (Wildman–Crippen LogP) is 2.60. The number of aliphatic hydroxyl groups is 1. The van der Waals surface area contributed by atoms with Crippen LogP contribution in [0.25, 0.3) is 0 Å². The van der Waals surface area contributed by atoms with E-state index in [-0.39, 0.29) is 6.10 Å². The van der Waals surface area contributed by atoms with Crippen molar-refractivity contribution in [2.75, 3.05) is 6.54 Å². The summed E-state index contributed by atoms with van der Waals surface area (Å²) in [5.41, 5.74) is 2.97. The molecule has 0 saturated heterocycles. The van der Waals surface area contributed by atoms with Crippen molar-refractivity contribution in [1.82, 2.24) is 5.32 Å². The van der Waals surface area contributed by atoms with Gasteiger partial charge in [-0.3, -0.25) is 0 Å². The molecular weight excluding hydrogens is 222 g/mol. The van der Waals surface area contributed by atoms with Gasteiger partial charge in [0.2, 0.25) is 0 Å². The van der Waals surface area contributed by atoms with E-state index in [1.54, 1.807) is 0 Å². The van der Waals surface area contributed by atoms with Gasteiger partial charge in [-0.2, -0.15) is 0 Å². The van der Waals surface area contributed by atoms with Gasteiger partial charge in [0.1, 0.15) is 0 Å². The molecule has 2 saturated carbocycles. The van der Waals surface area contributed by atoms with Crippen LogP contribution in [0.3, 0.4) is 0 Å². The molecule has 0 atom stereocenters.